The van der Waals surface area contributed by atoms with E-state index in [0.29, 0.717) is 5.75 Å². The zero-order valence-corrected chi connectivity index (χ0v) is 18.0. The summed E-state index contributed by atoms with van der Waals surface area (Å²) in [6.45, 7) is 0.824. The first kappa shape index (κ1) is 25.3. The summed E-state index contributed by atoms with van der Waals surface area (Å²) in [6.07, 6.45) is 0.528. The van der Waals surface area contributed by atoms with Crippen molar-refractivity contribution in [3.63, 3.8) is 0 Å². The Morgan fingerprint density at radius 2 is 1.67 bits per heavy atom. The fraction of sp³-hybridized carbons (Fsp3) is 0.316. The molecule has 2 rings (SSSR count). The summed E-state index contributed by atoms with van der Waals surface area (Å²) in [7, 11) is 5.25. The summed E-state index contributed by atoms with van der Waals surface area (Å²) >= 11 is 5.89. The Kier molecular flexibility index (Phi) is 11.9. The molecular formula is C19H26Cl3N3O2. The van der Waals surface area contributed by atoms with Crippen molar-refractivity contribution in [3.8, 4) is 5.75 Å². The van der Waals surface area contributed by atoms with Gasteiger partial charge in [-0.3, -0.25) is 0 Å². The summed E-state index contributed by atoms with van der Waals surface area (Å²) in [5, 5.41) is 7.43. The molecule has 0 fully saturated rings. The molecule has 0 aliphatic rings. The largest absolute Gasteiger partial charge is 0.414 e. The molecule has 8 heteroatoms. The number of nitrogens with zero attached hydrogens (tertiary/aromatic N) is 1. The number of benzene rings is 2. The quantitative estimate of drug-likeness (QED) is 0.643. The molecule has 0 saturated heterocycles. The predicted molar refractivity (Wildman–Crippen MR) is 117 cm³/mol. The number of halogens is 3. The maximum absolute atomic E-state index is 11.6. The lowest BCUT2D eigenvalue weighted by atomic mass is 10.0. The van der Waals surface area contributed by atoms with Crippen molar-refractivity contribution in [1.29, 1.82) is 0 Å². The van der Waals surface area contributed by atoms with E-state index in [1.165, 1.54) is 4.90 Å². The van der Waals surface area contributed by atoms with Gasteiger partial charge in [0, 0.05) is 37.4 Å². The minimum Gasteiger partial charge on any atom is -0.410 e. The molecular weight excluding hydrogens is 409 g/mol. The lowest BCUT2D eigenvalue weighted by Gasteiger charge is -2.18. The molecule has 5 nitrogen and oxygen atoms in total. The zero-order chi connectivity index (χ0) is 18.2. The third kappa shape index (κ3) is 8.26. The second-order valence-electron chi connectivity index (χ2n) is 5.90. The lowest BCUT2D eigenvalue weighted by molar-refractivity contribution is 0.172. The van der Waals surface area contributed by atoms with E-state index in [2.05, 4.69) is 10.6 Å². The molecule has 1 atom stereocenters. The van der Waals surface area contributed by atoms with Crippen LogP contribution in [0.3, 0.4) is 0 Å². The van der Waals surface area contributed by atoms with Crippen molar-refractivity contribution in [3.05, 3.63) is 59.1 Å². The highest BCUT2D eigenvalue weighted by Crippen LogP contribution is 2.21. The number of ether oxygens (including phenoxy) is 1. The molecule has 27 heavy (non-hydrogen) atoms. The average molecular weight is 435 g/mol. The molecule has 150 valence electrons. The SMILES string of the molecule is CNC(CCNc1ccc(Cl)cc1)c1ccc(OC(=O)N(C)C)cc1.Cl.Cl. The summed E-state index contributed by atoms with van der Waals surface area (Å²) in [6, 6.07) is 15.4. The molecule has 2 aromatic carbocycles. The monoisotopic (exact) mass is 433 g/mol. The first-order chi connectivity index (χ1) is 12.0. The van der Waals surface area contributed by atoms with Gasteiger partial charge in [-0.1, -0.05) is 23.7 Å². The number of carbonyl (C=O) groups excluding carboxylic acids is 1. The smallest absolute Gasteiger partial charge is 0.410 e. The van der Waals surface area contributed by atoms with Crippen molar-refractivity contribution in [2.45, 2.75) is 12.5 Å². The van der Waals surface area contributed by atoms with E-state index in [9.17, 15) is 4.79 Å². The van der Waals surface area contributed by atoms with Gasteiger partial charge in [0.15, 0.2) is 0 Å². The van der Waals surface area contributed by atoms with Crippen LogP contribution in [-0.2, 0) is 0 Å². The van der Waals surface area contributed by atoms with E-state index >= 15 is 0 Å². The standard InChI is InChI=1S/C19H24ClN3O2.2ClH/c1-21-18(12-13-22-16-8-6-15(20)7-9-16)14-4-10-17(11-5-14)25-19(24)23(2)3;;/h4-11,18,21-22H,12-13H2,1-3H3;2*1H. The van der Waals surface area contributed by atoms with E-state index in [4.69, 9.17) is 16.3 Å². The van der Waals surface area contributed by atoms with Gasteiger partial charge in [-0.05, 0) is 55.4 Å². The Morgan fingerprint density at radius 3 is 2.19 bits per heavy atom. The van der Waals surface area contributed by atoms with Gasteiger partial charge < -0.3 is 20.3 Å². The van der Waals surface area contributed by atoms with Crippen LogP contribution < -0.4 is 15.4 Å². The van der Waals surface area contributed by atoms with E-state index in [1.54, 1.807) is 14.1 Å². The number of nitrogens with one attached hydrogen (secondary N) is 2. The van der Waals surface area contributed by atoms with Gasteiger partial charge in [0.2, 0.25) is 0 Å². The van der Waals surface area contributed by atoms with Crippen LogP contribution in [0.2, 0.25) is 5.02 Å². The lowest BCUT2D eigenvalue weighted by Crippen LogP contribution is -2.25. The Hall–Kier alpha value is -1.66. The molecule has 1 unspecified atom stereocenters. The Bertz CT molecular complexity index is 680. The molecule has 0 aliphatic heterocycles. The average Bonchev–Trinajstić information content (AvgIpc) is 2.61. The number of hydrogen-bond acceptors (Lipinski definition) is 4. The summed E-state index contributed by atoms with van der Waals surface area (Å²) < 4.78 is 5.24. The van der Waals surface area contributed by atoms with Gasteiger partial charge in [0.25, 0.3) is 0 Å². The summed E-state index contributed by atoms with van der Waals surface area (Å²) in [4.78, 5) is 13.0. The molecule has 0 spiro atoms. The number of amides is 1. The summed E-state index contributed by atoms with van der Waals surface area (Å²) in [5.41, 5.74) is 2.19. The molecule has 1 amide bonds. The van der Waals surface area contributed by atoms with Crippen molar-refractivity contribution in [2.24, 2.45) is 0 Å². The molecule has 0 aromatic heterocycles. The highest BCUT2D eigenvalue weighted by molar-refractivity contribution is 6.30. The van der Waals surface area contributed by atoms with Crippen molar-refractivity contribution in [1.82, 2.24) is 10.2 Å². The van der Waals surface area contributed by atoms with Crippen LogP contribution in [0.1, 0.15) is 18.0 Å². The third-order valence-electron chi connectivity index (χ3n) is 3.81. The van der Waals surface area contributed by atoms with Gasteiger partial charge in [-0.25, -0.2) is 4.79 Å². The number of hydrogen-bond donors (Lipinski definition) is 2. The number of anilines is 1. The molecule has 0 radical (unpaired) electrons. The van der Waals surface area contributed by atoms with Crippen LogP contribution in [0.5, 0.6) is 5.75 Å². The maximum Gasteiger partial charge on any atom is 0.414 e. The van der Waals surface area contributed by atoms with Crippen LogP contribution in [-0.4, -0.2) is 38.7 Å². The first-order valence-corrected chi connectivity index (χ1v) is 8.53. The van der Waals surface area contributed by atoms with Crippen LogP contribution in [0.4, 0.5) is 10.5 Å². The molecule has 0 heterocycles. The topological polar surface area (TPSA) is 53.6 Å². The second kappa shape index (κ2) is 12.7. The van der Waals surface area contributed by atoms with Gasteiger partial charge >= 0.3 is 6.09 Å². The summed E-state index contributed by atoms with van der Waals surface area (Å²) in [5.74, 6) is 0.539. The normalized spacial score (nSPS) is 10.8. The molecule has 0 aliphatic carbocycles. The van der Waals surface area contributed by atoms with Crippen molar-refractivity contribution in [2.75, 3.05) is 33.0 Å². The molecule has 2 aromatic rings. The molecule has 0 saturated carbocycles. The van der Waals surface area contributed by atoms with Gasteiger partial charge in [0.1, 0.15) is 5.75 Å². The second-order valence-corrected chi connectivity index (χ2v) is 6.33. The van der Waals surface area contributed by atoms with E-state index in [1.807, 2.05) is 55.6 Å². The number of rotatable bonds is 7. The highest BCUT2D eigenvalue weighted by Gasteiger charge is 2.11. The zero-order valence-electron chi connectivity index (χ0n) is 15.6. The third-order valence-corrected chi connectivity index (χ3v) is 4.06. The van der Waals surface area contributed by atoms with Crippen LogP contribution in [0.15, 0.2) is 48.5 Å². The van der Waals surface area contributed by atoms with Crippen molar-refractivity contribution >= 4 is 48.2 Å². The van der Waals surface area contributed by atoms with E-state index in [-0.39, 0.29) is 36.9 Å². The Balaban J connectivity index is 0.00000338. The van der Waals surface area contributed by atoms with Crippen LogP contribution >= 0.6 is 36.4 Å². The van der Waals surface area contributed by atoms with Gasteiger partial charge in [-0.15, -0.1) is 24.8 Å². The van der Waals surface area contributed by atoms with Gasteiger partial charge in [-0.2, -0.15) is 0 Å². The molecule has 2 N–H and O–H groups in total. The van der Waals surface area contributed by atoms with E-state index < -0.39 is 0 Å². The minimum atomic E-state index is -0.384. The fourth-order valence-corrected chi connectivity index (χ4v) is 2.49. The fourth-order valence-electron chi connectivity index (χ4n) is 2.37. The first-order valence-electron chi connectivity index (χ1n) is 8.15. The Morgan fingerprint density at radius 1 is 1.07 bits per heavy atom. The molecule has 0 bridgehead atoms. The van der Waals surface area contributed by atoms with Crippen LogP contribution in [0, 0.1) is 0 Å². The van der Waals surface area contributed by atoms with Gasteiger partial charge in [0.05, 0.1) is 0 Å². The maximum atomic E-state index is 11.6. The minimum absolute atomic E-state index is 0. The van der Waals surface area contributed by atoms with Crippen LogP contribution in [0.25, 0.3) is 0 Å². The number of carbonyl (C=O) groups is 1. The highest BCUT2D eigenvalue weighted by atomic mass is 35.5. The van der Waals surface area contributed by atoms with E-state index in [0.717, 1.165) is 29.2 Å². The predicted octanol–water partition coefficient (Wildman–Crippen LogP) is 5.01. The Labute approximate surface area is 178 Å². The van der Waals surface area contributed by atoms with Crippen molar-refractivity contribution < 1.29 is 9.53 Å².